The van der Waals surface area contributed by atoms with Gasteiger partial charge in [0.2, 0.25) is 0 Å². The third kappa shape index (κ3) is 3.12. The maximum atomic E-state index is 13.6. The number of benzene rings is 3. The third-order valence-electron chi connectivity index (χ3n) is 6.09. The average Bonchev–Trinajstić information content (AvgIpc) is 2.90. The summed E-state index contributed by atoms with van der Waals surface area (Å²) in [6.07, 6.45) is 2.99. The van der Waals surface area contributed by atoms with Crippen molar-refractivity contribution in [2.75, 3.05) is 18.0 Å². The first-order chi connectivity index (χ1) is 13.8. The van der Waals surface area contributed by atoms with Crippen molar-refractivity contribution < 1.29 is 9.69 Å². The number of para-hydroxylation sites is 2. The van der Waals surface area contributed by atoms with Gasteiger partial charge in [-0.1, -0.05) is 60.7 Å². The molecule has 0 radical (unpaired) electrons. The second-order valence-electron chi connectivity index (χ2n) is 7.86. The summed E-state index contributed by atoms with van der Waals surface area (Å²) in [5.74, 6) is 0.191. The molecule has 0 bridgehead atoms. The predicted octanol–water partition coefficient (Wildman–Crippen LogP) is 3.09. The van der Waals surface area contributed by atoms with Crippen LogP contribution in [0.2, 0.25) is 0 Å². The van der Waals surface area contributed by atoms with E-state index in [2.05, 4.69) is 60.7 Å². The Labute approximate surface area is 166 Å². The van der Waals surface area contributed by atoms with Crippen LogP contribution in [0.15, 0.2) is 72.8 Å². The van der Waals surface area contributed by atoms with Crippen molar-refractivity contribution in [2.45, 2.75) is 25.8 Å². The predicted molar refractivity (Wildman–Crippen MR) is 112 cm³/mol. The first-order valence-corrected chi connectivity index (χ1v) is 10.2. The van der Waals surface area contributed by atoms with Crippen LogP contribution in [0.25, 0.3) is 0 Å². The molecule has 28 heavy (non-hydrogen) atoms. The number of carbonyl (C=O) groups is 1. The molecule has 3 aromatic rings. The van der Waals surface area contributed by atoms with E-state index in [4.69, 9.17) is 0 Å². The number of hydrogen-bond donors (Lipinski definition) is 1. The Morgan fingerprint density at radius 1 is 0.714 bits per heavy atom. The normalized spacial score (nSPS) is 17.9. The van der Waals surface area contributed by atoms with Gasteiger partial charge in [-0.25, -0.2) is 0 Å². The quantitative estimate of drug-likeness (QED) is 0.738. The summed E-state index contributed by atoms with van der Waals surface area (Å²) >= 11 is 0. The van der Waals surface area contributed by atoms with Crippen LogP contribution in [0, 0.1) is 0 Å². The first kappa shape index (κ1) is 17.2. The number of anilines is 2. The zero-order valence-corrected chi connectivity index (χ0v) is 16.0. The van der Waals surface area contributed by atoms with E-state index in [1.54, 1.807) is 0 Å². The first-order valence-electron chi connectivity index (χ1n) is 10.2. The smallest absolute Gasteiger partial charge is 0.286 e. The lowest BCUT2D eigenvalue weighted by Gasteiger charge is -2.29. The second-order valence-corrected chi connectivity index (χ2v) is 7.86. The Kier molecular flexibility index (Phi) is 4.46. The maximum absolute atomic E-state index is 13.6. The van der Waals surface area contributed by atoms with Crippen molar-refractivity contribution in [3.05, 3.63) is 95.1 Å². The highest BCUT2D eigenvalue weighted by Crippen LogP contribution is 2.35. The Morgan fingerprint density at radius 2 is 1.25 bits per heavy atom. The molecule has 140 valence electrons. The highest BCUT2D eigenvalue weighted by molar-refractivity contribution is 6.02. The van der Waals surface area contributed by atoms with Crippen LogP contribution in [0.5, 0.6) is 0 Å². The van der Waals surface area contributed by atoms with E-state index in [0.29, 0.717) is 6.54 Å². The largest absolute Gasteiger partial charge is 0.323 e. The minimum absolute atomic E-state index is 0.191. The van der Waals surface area contributed by atoms with E-state index in [9.17, 15) is 4.79 Å². The summed E-state index contributed by atoms with van der Waals surface area (Å²) in [7, 11) is 0. The molecular weight excluding hydrogens is 344 g/mol. The van der Waals surface area contributed by atoms with Gasteiger partial charge in [0.05, 0.1) is 17.9 Å². The summed E-state index contributed by atoms with van der Waals surface area (Å²) in [6, 6.07) is 25.4. The minimum Gasteiger partial charge on any atom is -0.323 e. The highest BCUT2D eigenvalue weighted by Gasteiger charge is 2.29. The summed E-state index contributed by atoms with van der Waals surface area (Å²) < 4.78 is 0. The zero-order valence-electron chi connectivity index (χ0n) is 16.0. The molecule has 3 aromatic carbocycles. The fraction of sp³-hybridized carbons (Fsp3) is 0.240. The SMILES string of the molecule is O=C(C[NH+]1CCc2ccccc2C1)N1c2ccccc2CCc2ccccc21. The molecule has 0 saturated carbocycles. The Hall–Kier alpha value is -2.91. The maximum Gasteiger partial charge on any atom is 0.286 e. The summed E-state index contributed by atoms with van der Waals surface area (Å²) in [4.78, 5) is 16.9. The van der Waals surface area contributed by atoms with Crippen molar-refractivity contribution in [2.24, 2.45) is 0 Å². The van der Waals surface area contributed by atoms with Crippen LogP contribution in [-0.4, -0.2) is 19.0 Å². The second kappa shape index (κ2) is 7.25. The van der Waals surface area contributed by atoms with Crippen LogP contribution >= 0.6 is 0 Å². The van der Waals surface area contributed by atoms with E-state index < -0.39 is 0 Å². The van der Waals surface area contributed by atoms with Crippen LogP contribution in [0.4, 0.5) is 11.4 Å². The number of rotatable bonds is 2. The van der Waals surface area contributed by atoms with Crippen molar-refractivity contribution >= 4 is 17.3 Å². The van der Waals surface area contributed by atoms with E-state index in [1.807, 2.05) is 17.0 Å². The Morgan fingerprint density at radius 3 is 1.89 bits per heavy atom. The van der Waals surface area contributed by atoms with Gasteiger partial charge in [0, 0.05) is 12.0 Å². The van der Waals surface area contributed by atoms with Crippen molar-refractivity contribution in [1.82, 2.24) is 0 Å². The number of aryl methyl sites for hydroxylation is 2. The van der Waals surface area contributed by atoms with E-state index in [0.717, 1.165) is 43.7 Å². The van der Waals surface area contributed by atoms with Crippen LogP contribution < -0.4 is 9.80 Å². The fourth-order valence-electron chi connectivity index (χ4n) is 4.64. The molecule has 2 aliphatic rings. The molecule has 2 aliphatic heterocycles. The van der Waals surface area contributed by atoms with Gasteiger partial charge < -0.3 is 4.90 Å². The van der Waals surface area contributed by atoms with Gasteiger partial charge in [-0.15, -0.1) is 0 Å². The van der Waals surface area contributed by atoms with Gasteiger partial charge >= 0.3 is 0 Å². The number of quaternary nitrogens is 1. The molecule has 0 aliphatic carbocycles. The lowest BCUT2D eigenvalue weighted by Crippen LogP contribution is -3.12. The zero-order chi connectivity index (χ0) is 18.9. The molecule has 2 heterocycles. The lowest BCUT2D eigenvalue weighted by molar-refractivity contribution is -0.907. The molecule has 0 fully saturated rings. The highest BCUT2D eigenvalue weighted by atomic mass is 16.2. The monoisotopic (exact) mass is 369 g/mol. The number of carbonyl (C=O) groups excluding carboxylic acids is 1. The molecule has 1 N–H and O–H groups in total. The van der Waals surface area contributed by atoms with E-state index in [-0.39, 0.29) is 5.91 Å². The molecule has 0 spiro atoms. The Balaban J connectivity index is 1.46. The molecule has 1 amide bonds. The molecule has 0 aromatic heterocycles. The number of nitrogens with zero attached hydrogens (tertiary/aromatic N) is 1. The number of nitrogens with one attached hydrogen (secondary N) is 1. The lowest BCUT2D eigenvalue weighted by atomic mass is 10.00. The van der Waals surface area contributed by atoms with E-state index >= 15 is 0 Å². The van der Waals surface area contributed by atoms with Crippen LogP contribution in [-0.2, 0) is 30.6 Å². The number of hydrogen-bond acceptors (Lipinski definition) is 1. The number of fused-ring (bicyclic) bond motifs is 3. The minimum atomic E-state index is 0.191. The molecule has 3 heteroatoms. The van der Waals surface area contributed by atoms with Gasteiger partial charge in [-0.2, -0.15) is 0 Å². The average molecular weight is 369 g/mol. The van der Waals surface area contributed by atoms with Crippen molar-refractivity contribution in [1.29, 1.82) is 0 Å². The Bertz CT molecular complexity index is 979. The molecule has 1 unspecified atom stereocenters. The molecule has 0 saturated heterocycles. The standard InChI is InChI=1S/C25H24N2O/c28-25(18-26-16-15-19-7-1-2-10-22(19)17-26)27-23-11-5-3-8-20(23)13-14-21-9-4-6-12-24(21)27/h1-12H,13-18H2/p+1. The summed E-state index contributed by atoms with van der Waals surface area (Å²) in [5.41, 5.74) is 7.43. The molecular formula is C25H25N2O+. The number of amides is 1. The van der Waals surface area contributed by atoms with Crippen molar-refractivity contribution in [3.63, 3.8) is 0 Å². The van der Waals surface area contributed by atoms with Gasteiger partial charge in [0.1, 0.15) is 6.54 Å². The van der Waals surface area contributed by atoms with Gasteiger partial charge in [0.15, 0.2) is 6.54 Å². The molecule has 1 atom stereocenters. The molecule has 5 rings (SSSR count). The van der Waals surface area contributed by atoms with Crippen molar-refractivity contribution in [3.8, 4) is 0 Å². The topological polar surface area (TPSA) is 24.8 Å². The summed E-state index contributed by atoms with van der Waals surface area (Å²) in [6.45, 7) is 2.47. The fourth-order valence-corrected chi connectivity index (χ4v) is 4.64. The van der Waals surface area contributed by atoms with Crippen LogP contribution in [0.1, 0.15) is 22.3 Å². The molecule has 3 nitrogen and oxygen atoms in total. The van der Waals surface area contributed by atoms with E-state index in [1.165, 1.54) is 27.2 Å². The van der Waals surface area contributed by atoms with Gasteiger partial charge in [0.25, 0.3) is 5.91 Å². The van der Waals surface area contributed by atoms with Gasteiger partial charge in [-0.05, 0) is 41.7 Å². The van der Waals surface area contributed by atoms with Gasteiger partial charge in [-0.3, -0.25) is 9.69 Å². The van der Waals surface area contributed by atoms with Crippen LogP contribution in [0.3, 0.4) is 0 Å². The third-order valence-corrected chi connectivity index (χ3v) is 6.09. The summed E-state index contributed by atoms with van der Waals surface area (Å²) in [5, 5.41) is 0.